The van der Waals surface area contributed by atoms with Crippen LogP contribution in [0.2, 0.25) is 0 Å². The number of hydrogen-bond acceptors (Lipinski definition) is 4. The molecule has 0 radical (unpaired) electrons. The number of amides is 1. The van der Waals surface area contributed by atoms with Crippen LogP contribution in [0.25, 0.3) is 0 Å². The summed E-state index contributed by atoms with van der Waals surface area (Å²) in [6.45, 7) is 9.25. The summed E-state index contributed by atoms with van der Waals surface area (Å²) >= 11 is 0. The molecule has 1 aliphatic rings. The van der Waals surface area contributed by atoms with Crippen LogP contribution in [-0.4, -0.2) is 85.2 Å². The van der Waals surface area contributed by atoms with Gasteiger partial charge >= 0.3 is 0 Å². The highest BCUT2D eigenvalue weighted by Crippen LogP contribution is 2.05. The van der Waals surface area contributed by atoms with Crippen LogP contribution in [0.1, 0.15) is 20.3 Å². The van der Waals surface area contributed by atoms with Gasteiger partial charge in [0.25, 0.3) is 0 Å². The first kappa shape index (κ1) is 16.4. The van der Waals surface area contributed by atoms with Crippen molar-refractivity contribution < 1.29 is 9.90 Å². The fourth-order valence-corrected chi connectivity index (χ4v) is 2.31. The molecule has 1 fully saturated rings. The molecule has 1 aliphatic heterocycles. The summed E-state index contributed by atoms with van der Waals surface area (Å²) in [5.41, 5.74) is 0. The van der Waals surface area contributed by atoms with Crippen LogP contribution in [0.3, 0.4) is 0 Å². The van der Waals surface area contributed by atoms with Crippen molar-refractivity contribution in [1.29, 1.82) is 0 Å². The number of rotatable bonds is 6. The molecule has 1 amide bonds. The van der Waals surface area contributed by atoms with Gasteiger partial charge in [0, 0.05) is 52.7 Å². The normalized spacial score (nSPS) is 19.7. The zero-order valence-electron chi connectivity index (χ0n) is 12.8. The number of nitrogens with zero attached hydrogens (tertiary/aromatic N) is 3. The molecule has 1 heterocycles. The Labute approximate surface area is 117 Å². The zero-order chi connectivity index (χ0) is 14.4. The van der Waals surface area contributed by atoms with Gasteiger partial charge < -0.3 is 14.9 Å². The van der Waals surface area contributed by atoms with Gasteiger partial charge in [-0.2, -0.15) is 0 Å². The quantitative estimate of drug-likeness (QED) is 0.744. The number of β-amino-alcohol motifs (C(OH)–C–C–N with tert-alkyl or cyclic N) is 1. The van der Waals surface area contributed by atoms with E-state index in [0.717, 1.165) is 26.2 Å². The van der Waals surface area contributed by atoms with E-state index >= 15 is 0 Å². The van der Waals surface area contributed by atoms with Crippen LogP contribution >= 0.6 is 0 Å². The Bertz CT molecular complexity index is 276. The number of piperazine rings is 1. The Kier molecular flexibility index (Phi) is 6.75. The minimum atomic E-state index is -0.454. The van der Waals surface area contributed by atoms with Crippen LogP contribution < -0.4 is 0 Å². The van der Waals surface area contributed by atoms with Crippen molar-refractivity contribution in [2.24, 2.45) is 5.92 Å². The summed E-state index contributed by atoms with van der Waals surface area (Å²) in [5, 5.41) is 10.1. The average molecular weight is 271 g/mol. The van der Waals surface area contributed by atoms with E-state index in [0.29, 0.717) is 25.4 Å². The first-order valence-corrected chi connectivity index (χ1v) is 7.21. The summed E-state index contributed by atoms with van der Waals surface area (Å²) < 4.78 is 0. The zero-order valence-corrected chi connectivity index (χ0v) is 12.8. The van der Waals surface area contributed by atoms with E-state index in [9.17, 15) is 9.90 Å². The topological polar surface area (TPSA) is 47.0 Å². The fourth-order valence-electron chi connectivity index (χ4n) is 2.31. The van der Waals surface area contributed by atoms with Crippen molar-refractivity contribution in [2.45, 2.75) is 26.4 Å². The van der Waals surface area contributed by atoms with Gasteiger partial charge in [0.2, 0.25) is 5.91 Å². The monoisotopic (exact) mass is 271 g/mol. The molecule has 0 spiro atoms. The van der Waals surface area contributed by atoms with Crippen molar-refractivity contribution in [3.05, 3.63) is 0 Å². The van der Waals surface area contributed by atoms with E-state index in [4.69, 9.17) is 0 Å². The van der Waals surface area contributed by atoms with Gasteiger partial charge in [-0.3, -0.25) is 9.69 Å². The van der Waals surface area contributed by atoms with E-state index in [1.54, 1.807) is 11.9 Å². The molecule has 1 atom stereocenters. The first-order chi connectivity index (χ1) is 8.88. The molecule has 0 aromatic rings. The van der Waals surface area contributed by atoms with Gasteiger partial charge in [0.05, 0.1) is 6.10 Å². The van der Waals surface area contributed by atoms with Crippen LogP contribution in [0.4, 0.5) is 0 Å². The maximum absolute atomic E-state index is 11.8. The van der Waals surface area contributed by atoms with Gasteiger partial charge in [-0.15, -0.1) is 0 Å². The molecule has 1 rings (SSSR count). The summed E-state index contributed by atoms with van der Waals surface area (Å²) in [7, 11) is 3.89. The number of aliphatic hydroxyl groups excluding tert-OH is 1. The number of aliphatic hydroxyl groups is 1. The number of hydrogen-bond donors (Lipinski definition) is 1. The van der Waals surface area contributed by atoms with Crippen LogP contribution in [0.15, 0.2) is 0 Å². The largest absolute Gasteiger partial charge is 0.390 e. The number of likely N-dealkylation sites (N-methyl/N-ethyl adjacent to an activating group) is 2. The SMILES string of the molecule is CC(C)CC(=O)N(C)CC(O)CN1CCN(C)CC1. The molecule has 0 aliphatic carbocycles. The fraction of sp³-hybridized carbons (Fsp3) is 0.929. The minimum Gasteiger partial charge on any atom is -0.390 e. The number of carbonyl (C=O) groups is 1. The predicted octanol–water partition coefficient (Wildman–Crippen LogP) is 0.0992. The summed E-state index contributed by atoms with van der Waals surface area (Å²) in [6, 6.07) is 0. The smallest absolute Gasteiger partial charge is 0.222 e. The third kappa shape index (κ3) is 6.36. The van der Waals surface area contributed by atoms with Gasteiger partial charge in [0.15, 0.2) is 0 Å². The van der Waals surface area contributed by atoms with Crippen LogP contribution in [-0.2, 0) is 4.79 Å². The second kappa shape index (κ2) is 7.82. The molecule has 0 aromatic carbocycles. The molecule has 1 saturated heterocycles. The molecular weight excluding hydrogens is 242 g/mol. The highest BCUT2D eigenvalue weighted by atomic mass is 16.3. The standard InChI is InChI=1S/C14H29N3O2/c1-12(2)9-14(19)16(4)10-13(18)11-17-7-5-15(3)6-8-17/h12-13,18H,5-11H2,1-4H3. The van der Waals surface area contributed by atoms with Gasteiger partial charge in [-0.1, -0.05) is 13.8 Å². The average Bonchev–Trinajstić information content (AvgIpc) is 2.31. The van der Waals surface area contributed by atoms with Gasteiger partial charge in [-0.25, -0.2) is 0 Å². The molecule has 112 valence electrons. The highest BCUT2D eigenvalue weighted by Gasteiger charge is 2.19. The van der Waals surface area contributed by atoms with Crippen LogP contribution in [0.5, 0.6) is 0 Å². The second-order valence-electron chi connectivity index (χ2n) is 6.13. The molecular formula is C14H29N3O2. The Hall–Kier alpha value is -0.650. The van der Waals surface area contributed by atoms with Crippen molar-refractivity contribution >= 4 is 5.91 Å². The lowest BCUT2D eigenvalue weighted by Gasteiger charge is -2.34. The van der Waals surface area contributed by atoms with E-state index < -0.39 is 6.10 Å². The summed E-state index contributed by atoms with van der Waals surface area (Å²) in [6.07, 6.45) is 0.0992. The van der Waals surface area contributed by atoms with Crippen molar-refractivity contribution in [3.63, 3.8) is 0 Å². The lowest BCUT2D eigenvalue weighted by atomic mass is 10.1. The van der Waals surface area contributed by atoms with E-state index in [2.05, 4.69) is 16.8 Å². The lowest BCUT2D eigenvalue weighted by molar-refractivity contribution is -0.132. The molecule has 5 heteroatoms. The Balaban J connectivity index is 2.26. The van der Waals surface area contributed by atoms with Crippen molar-refractivity contribution in [1.82, 2.24) is 14.7 Å². The Morgan fingerprint density at radius 1 is 1.26 bits per heavy atom. The minimum absolute atomic E-state index is 0.118. The predicted molar refractivity (Wildman–Crippen MR) is 77.0 cm³/mol. The lowest BCUT2D eigenvalue weighted by Crippen LogP contribution is -2.49. The third-order valence-electron chi connectivity index (χ3n) is 3.56. The Morgan fingerprint density at radius 2 is 1.84 bits per heavy atom. The molecule has 5 nitrogen and oxygen atoms in total. The van der Waals surface area contributed by atoms with E-state index in [1.807, 2.05) is 13.8 Å². The highest BCUT2D eigenvalue weighted by molar-refractivity contribution is 5.76. The number of carbonyl (C=O) groups excluding carboxylic acids is 1. The van der Waals surface area contributed by atoms with Crippen molar-refractivity contribution in [2.75, 3.05) is 53.4 Å². The first-order valence-electron chi connectivity index (χ1n) is 7.21. The third-order valence-corrected chi connectivity index (χ3v) is 3.56. The van der Waals surface area contributed by atoms with Crippen molar-refractivity contribution in [3.8, 4) is 0 Å². The molecule has 1 N–H and O–H groups in total. The van der Waals surface area contributed by atoms with E-state index in [-0.39, 0.29) is 5.91 Å². The molecule has 0 saturated carbocycles. The molecule has 19 heavy (non-hydrogen) atoms. The maximum Gasteiger partial charge on any atom is 0.222 e. The second-order valence-corrected chi connectivity index (χ2v) is 6.13. The Morgan fingerprint density at radius 3 is 2.37 bits per heavy atom. The maximum atomic E-state index is 11.8. The molecule has 0 aromatic heterocycles. The van der Waals surface area contributed by atoms with Gasteiger partial charge in [0.1, 0.15) is 0 Å². The summed E-state index contributed by atoms with van der Waals surface area (Å²) in [5.74, 6) is 0.483. The van der Waals surface area contributed by atoms with E-state index in [1.165, 1.54) is 0 Å². The summed E-state index contributed by atoms with van der Waals surface area (Å²) in [4.78, 5) is 18.0. The van der Waals surface area contributed by atoms with Crippen LogP contribution in [0, 0.1) is 5.92 Å². The van der Waals surface area contributed by atoms with Gasteiger partial charge in [-0.05, 0) is 13.0 Å². The molecule has 1 unspecified atom stereocenters. The molecule has 0 bridgehead atoms.